The Morgan fingerprint density at radius 2 is 1.53 bits per heavy atom. The van der Waals surface area contributed by atoms with Crippen molar-refractivity contribution in [3.05, 3.63) is 94.2 Å². The molecule has 3 aromatic rings. The summed E-state index contributed by atoms with van der Waals surface area (Å²) >= 11 is 2.78. The highest BCUT2D eigenvalue weighted by Crippen LogP contribution is 2.32. The van der Waals surface area contributed by atoms with Crippen LogP contribution in [0.1, 0.15) is 74.5 Å². The first-order valence-corrected chi connectivity index (χ1v) is 17.6. The lowest BCUT2D eigenvalue weighted by Crippen LogP contribution is -2.55. The van der Waals surface area contributed by atoms with Crippen LogP contribution in [0.15, 0.2) is 78.2 Å². The van der Waals surface area contributed by atoms with Gasteiger partial charge in [-0.15, -0.1) is 23.1 Å². The Morgan fingerprint density at radius 1 is 0.867 bits per heavy atom. The Kier molecular flexibility index (Phi) is 13.8. The maximum absolute atomic E-state index is 13.8. The van der Waals surface area contributed by atoms with E-state index in [0.717, 1.165) is 41.7 Å². The summed E-state index contributed by atoms with van der Waals surface area (Å²) in [6, 6.07) is 21.0. The number of carbonyl (C=O) groups excluding carboxylic acids is 3. The summed E-state index contributed by atoms with van der Waals surface area (Å²) < 4.78 is 5.41. The number of nitrogens with one attached hydrogen (secondary N) is 3. The summed E-state index contributed by atoms with van der Waals surface area (Å²) in [5.74, 6) is -0.444. The minimum atomic E-state index is -0.978. The van der Waals surface area contributed by atoms with Crippen molar-refractivity contribution in [1.29, 1.82) is 0 Å². The van der Waals surface area contributed by atoms with Crippen molar-refractivity contribution in [3.8, 4) is 0 Å². The maximum atomic E-state index is 13.8. The largest absolute Gasteiger partial charge is 0.445 e. The summed E-state index contributed by atoms with van der Waals surface area (Å²) in [6.45, 7) is 3.98. The average Bonchev–Trinajstić information content (AvgIpc) is 3.59. The third-order valence-electron chi connectivity index (χ3n) is 7.88. The van der Waals surface area contributed by atoms with E-state index >= 15 is 0 Å². The molecular formula is C35H45N3O5S2. The Morgan fingerprint density at radius 3 is 2.16 bits per heavy atom. The number of aliphatic hydroxyl groups excluding tert-OH is 1. The SMILES string of the molecule is CC(C)S[C@H](NC(=O)[C@H](Cc1ccccc1)NC(=O)OCc1ccccc1)C(=O)NC(CC1CCCCC1)[C@@H](O)c1cccs1. The number of aliphatic hydroxyl groups is 1. The second-order valence-corrected chi connectivity index (χ2v) is 14.5. The molecule has 2 aromatic carbocycles. The van der Waals surface area contributed by atoms with Gasteiger partial charge in [-0.05, 0) is 34.9 Å². The number of benzene rings is 2. The van der Waals surface area contributed by atoms with Crippen LogP contribution in [0.5, 0.6) is 0 Å². The number of ether oxygens (including phenoxy) is 1. The normalized spacial score (nSPS) is 16.3. The monoisotopic (exact) mass is 651 g/mol. The molecule has 0 aliphatic heterocycles. The van der Waals surface area contributed by atoms with Crippen LogP contribution in [0.4, 0.5) is 4.79 Å². The molecule has 4 rings (SSSR count). The van der Waals surface area contributed by atoms with Gasteiger partial charge in [-0.1, -0.05) is 113 Å². The Labute approximate surface area is 274 Å². The fraction of sp³-hybridized carbons (Fsp3) is 0.457. The molecule has 45 heavy (non-hydrogen) atoms. The molecule has 1 saturated carbocycles. The second-order valence-electron chi connectivity index (χ2n) is 11.8. The van der Waals surface area contributed by atoms with Crippen LogP contribution in [0, 0.1) is 5.92 Å². The molecule has 3 amide bonds. The Bertz CT molecular complexity index is 1320. The lowest BCUT2D eigenvalue weighted by Gasteiger charge is -2.31. The van der Waals surface area contributed by atoms with Gasteiger partial charge in [0.05, 0.1) is 6.04 Å². The van der Waals surface area contributed by atoms with E-state index in [2.05, 4.69) is 16.0 Å². The highest BCUT2D eigenvalue weighted by Gasteiger charge is 2.33. The third kappa shape index (κ3) is 11.5. The maximum Gasteiger partial charge on any atom is 0.408 e. The average molecular weight is 652 g/mol. The van der Waals surface area contributed by atoms with Gasteiger partial charge in [0.25, 0.3) is 5.91 Å². The molecule has 1 aliphatic rings. The fourth-order valence-corrected chi connectivity index (χ4v) is 7.29. The molecule has 1 heterocycles. The van der Waals surface area contributed by atoms with Gasteiger partial charge in [-0.25, -0.2) is 4.79 Å². The molecule has 1 unspecified atom stereocenters. The van der Waals surface area contributed by atoms with Gasteiger partial charge in [0.15, 0.2) is 5.37 Å². The molecule has 1 aromatic heterocycles. The lowest BCUT2D eigenvalue weighted by atomic mass is 9.83. The summed E-state index contributed by atoms with van der Waals surface area (Å²) in [5, 5.41) is 21.0. The van der Waals surface area contributed by atoms with Gasteiger partial charge >= 0.3 is 6.09 Å². The molecule has 4 N–H and O–H groups in total. The van der Waals surface area contributed by atoms with E-state index in [1.807, 2.05) is 92.0 Å². The van der Waals surface area contributed by atoms with Crippen molar-refractivity contribution in [3.63, 3.8) is 0 Å². The molecule has 242 valence electrons. The number of rotatable bonds is 15. The molecule has 1 aliphatic carbocycles. The quantitative estimate of drug-likeness (QED) is 0.142. The number of thiophene rings is 1. The molecule has 8 nitrogen and oxygen atoms in total. The van der Waals surface area contributed by atoms with Crippen LogP contribution in [-0.4, -0.2) is 45.7 Å². The van der Waals surface area contributed by atoms with E-state index in [4.69, 9.17) is 4.74 Å². The molecule has 10 heteroatoms. The standard InChI is InChI=1S/C35H45N3O5S2/c1-24(2)45-34(33(41)36-28(21-25-13-6-3-7-14-25)31(39)30-19-12-20-44-30)38-32(40)29(22-26-15-8-4-9-16-26)37-35(42)43-23-27-17-10-5-11-18-27/h4-5,8-12,15-20,24-25,28-29,31,34,39H,3,6-7,13-14,21-23H2,1-2H3,(H,36,41)(H,37,42)(H,38,40)/t28?,29-,31+,34-/m0/s1. The summed E-state index contributed by atoms with van der Waals surface area (Å²) in [7, 11) is 0. The molecule has 1 fully saturated rings. The van der Waals surface area contributed by atoms with Crippen molar-refractivity contribution in [2.24, 2.45) is 5.92 Å². The molecule has 0 spiro atoms. The zero-order chi connectivity index (χ0) is 32.0. The van der Waals surface area contributed by atoms with Crippen molar-refractivity contribution < 1.29 is 24.2 Å². The van der Waals surface area contributed by atoms with Crippen molar-refractivity contribution >= 4 is 41.0 Å². The van der Waals surface area contributed by atoms with E-state index in [9.17, 15) is 19.5 Å². The van der Waals surface area contributed by atoms with Crippen LogP contribution < -0.4 is 16.0 Å². The van der Waals surface area contributed by atoms with Gasteiger partial charge in [0, 0.05) is 16.5 Å². The molecule has 0 radical (unpaired) electrons. The van der Waals surface area contributed by atoms with Gasteiger partial charge in [0.2, 0.25) is 5.91 Å². The number of hydrogen-bond acceptors (Lipinski definition) is 7. The van der Waals surface area contributed by atoms with Crippen LogP contribution in [-0.2, 0) is 27.4 Å². The molecular weight excluding hydrogens is 607 g/mol. The van der Waals surface area contributed by atoms with Gasteiger partial charge in [0.1, 0.15) is 18.8 Å². The zero-order valence-electron chi connectivity index (χ0n) is 26.0. The minimum Gasteiger partial charge on any atom is -0.445 e. The van der Waals surface area contributed by atoms with E-state index in [-0.39, 0.29) is 24.2 Å². The third-order valence-corrected chi connectivity index (χ3v) is 9.97. The first kappa shape index (κ1) is 34.5. The smallest absolute Gasteiger partial charge is 0.408 e. The first-order valence-electron chi connectivity index (χ1n) is 15.8. The van der Waals surface area contributed by atoms with E-state index < -0.39 is 35.6 Å². The van der Waals surface area contributed by atoms with Crippen LogP contribution in [0.2, 0.25) is 0 Å². The second kappa shape index (κ2) is 18.0. The van der Waals surface area contributed by atoms with Gasteiger partial charge in [-0.3, -0.25) is 9.59 Å². The van der Waals surface area contributed by atoms with Crippen LogP contribution >= 0.6 is 23.1 Å². The Hall–Kier alpha value is -3.34. The van der Waals surface area contributed by atoms with Gasteiger partial charge < -0.3 is 25.8 Å². The van der Waals surface area contributed by atoms with Gasteiger partial charge in [-0.2, -0.15) is 0 Å². The Balaban J connectivity index is 1.47. The minimum absolute atomic E-state index is 0.0245. The first-order chi connectivity index (χ1) is 21.8. The topological polar surface area (TPSA) is 117 Å². The fourth-order valence-electron chi connectivity index (χ4n) is 5.59. The predicted octanol–water partition coefficient (Wildman–Crippen LogP) is 6.36. The number of hydrogen-bond donors (Lipinski definition) is 4. The lowest BCUT2D eigenvalue weighted by molar-refractivity contribution is -0.128. The summed E-state index contributed by atoms with van der Waals surface area (Å²) in [6.07, 6.45) is 5.02. The molecule has 0 bridgehead atoms. The molecule has 0 saturated heterocycles. The van der Waals surface area contributed by atoms with Crippen molar-refractivity contribution in [2.45, 2.75) is 94.2 Å². The van der Waals surface area contributed by atoms with E-state index in [1.165, 1.54) is 29.5 Å². The highest BCUT2D eigenvalue weighted by molar-refractivity contribution is 8.01. The van der Waals surface area contributed by atoms with Crippen molar-refractivity contribution in [1.82, 2.24) is 16.0 Å². The summed E-state index contributed by atoms with van der Waals surface area (Å²) in [5.41, 5.74) is 1.68. The summed E-state index contributed by atoms with van der Waals surface area (Å²) in [4.78, 5) is 41.2. The molecule has 4 atom stereocenters. The van der Waals surface area contributed by atoms with Crippen LogP contribution in [0.25, 0.3) is 0 Å². The number of alkyl carbamates (subject to hydrolysis) is 1. The highest BCUT2D eigenvalue weighted by atomic mass is 32.2. The predicted molar refractivity (Wildman–Crippen MR) is 181 cm³/mol. The zero-order valence-corrected chi connectivity index (χ0v) is 27.7. The van der Waals surface area contributed by atoms with Crippen molar-refractivity contribution in [2.75, 3.05) is 0 Å². The van der Waals surface area contributed by atoms with Crippen LogP contribution in [0.3, 0.4) is 0 Å². The van der Waals surface area contributed by atoms with E-state index in [0.29, 0.717) is 12.3 Å². The number of thioether (sulfide) groups is 1. The number of carbonyl (C=O) groups is 3. The van der Waals surface area contributed by atoms with E-state index in [1.54, 1.807) is 0 Å². The number of amides is 3.